The lowest BCUT2D eigenvalue weighted by Gasteiger charge is -2.30. The van der Waals surface area contributed by atoms with Gasteiger partial charge in [-0.15, -0.1) is 0 Å². The number of thiocarbonyl (C=S) groups is 1. The van der Waals surface area contributed by atoms with Gasteiger partial charge in [0.2, 0.25) is 5.17 Å². The third kappa shape index (κ3) is 3.71. The summed E-state index contributed by atoms with van der Waals surface area (Å²) < 4.78 is 2.50. The van der Waals surface area contributed by atoms with Gasteiger partial charge in [0.1, 0.15) is 0 Å². The first-order valence-electron chi connectivity index (χ1n) is 7.77. The second kappa shape index (κ2) is 7.74. The Morgan fingerprint density at radius 2 is 1.64 bits per heavy atom. The highest BCUT2D eigenvalue weighted by Gasteiger charge is 2.17. The number of hydrogen-bond donors (Lipinski definition) is 1. The van der Waals surface area contributed by atoms with Gasteiger partial charge >= 0.3 is 0 Å². The van der Waals surface area contributed by atoms with Gasteiger partial charge in [0.25, 0.3) is 0 Å². The summed E-state index contributed by atoms with van der Waals surface area (Å²) in [6.07, 6.45) is 0. The van der Waals surface area contributed by atoms with Crippen LogP contribution in [0.4, 0.5) is 5.69 Å². The van der Waals surface area contributed by atoms with E-state index in [2.05, 4.69) is 40.7 Å². The van der Waals surface area contributed by atoms with Gasteiger partial charge in [-0.25, -0.2) is 10.0 Å². The molecule has 3 nitrogen and oxygen atoms in total. The van der Waals surface area contributed by atoms with Crippen LogP contribution in [-0.2, 0) is 0 Å². The molecular weight excluding hydrogens is 348 g/mol. The van der Waals surface area contributed by atoms with Crippen LogP contribution in [0.3, 0.4) is 0 Å². The zero-order valence-corrected chi connectivity index (χ0v) is 15.6. The molecule has 0 aromatic heterocycles. The van der Waals surface area contributed by atoms with Gasteiger partial charge in [0.05, 0.1) is 5.69 Å². The first-order valence-corrected chi connectivity index (χ1v) is 9.00. The highest BCUT2D eigenvalue weighted by molar-refractivity contribution is 8.04. The van der Waals surface area contributed by atoms with Crippen LogP contribution in [0.25, 0.3) is 21.9 Å². The molecular formula is C20H18N2OS2. The molecule has 0 fully saturated rings. The lowest BCUT2D eigenvalue weighted by Crippen LogP contribution is -2.41. The molecule has 0 amide bonds. The van der Waals surface area contributed by atoms with E-state index in [4.69, 9.17) is 12.2 Å². The van der Waals surface area contributed by atoms with Crippen LogP contribution in [0.5, 0.6) is 0 Å². The van der Waals surface area contributed by atoms with Crippen LogP contribution in [0.15, 0.2) is 66.7 Å². The van der Waals surface area contributed by atoms with Crippen molar-refractivity contribution in [2.24, 2.45) is 0 Å². The molecule has 126 valence electrons. The fourth-order valence-electron chi connectivity index (χ4n) is 2.83. The number of para-hydroxylation sites is 1. The first-order chi connectivity index (χ1) is 12.1. The van der Waals surface area contributed by atoms with Gasteiger partial charge in [0, 0.05) is 24.0 Å². The highest BCUT2D eigenvalue weighted by atomic mass is 32.1. The largest absolute Gasteiger partial charge is 0.337 e. The summed E-state index contributed by atoms with van der Waals surface area (Å²) in [5.74, 6) is 0. The van der Waals surface area contributed by atoms with Gasteiger partial charge in [-0.3, -0.25) is 0 Å². The Balaban J connectivity index is 2.20. The van der Waals surface area contributed by atoms with E-state index < -0.39 is 0 Å². The molecule has 0 heterocycles. The van der Waals surface area contributed by atoms with Crippen molar-refractivity contribution in [3.8, 4) is 11.1 Å². The molecule has 0 radical (unpaired) electrons. The molecule has 0 atom stereocenters. The molecule has 3 aromatic carbocycles. The first kappa shape index (κ1) is 17.5. The van der Waals surface area contributed by atoms with Crippen LogP contribution < -0.4 is 5.01 Å². The Morgan fingerprint density at radius 1 is 0.960 bits per heavy atom. The summed E-state index contributed by atoms with van der Waals surface area (Å²) in [5.41, 5.74) is 2.99. The second-order valence-corrected chi connectivity index (χ2v) is 6.94. The molecule has 0 unspecified atom stereocenters. The van der Waals surface area contributed by atoms with Crippen LogP contribution >= 0.6 is 23.2 Å². The summed E-state index contributed by atoms with van der Waals surface area (Å²) in [7, 11) is 4.73. The van der Waals surface area contributed by atoms with E-state index in [1.807, 2.05) is 49.4 Å². The molecule has 5 heteroatoms. The maximum atomic E-state index is 10.4. The molecule has 0 spiro atoms. The second-order valence-electron chi connectivity index (χ2n) is 5.71. The van der Waals surface area contributed by atoms with Gasteiger partial charge in [-0.1, -0.05) is 54.6 Å². The normalized spacial score (nSPS) is 10.6. The number of hydrazine groups is 1. The molecule has 0 aliphatic carbocycles. The van der Waals surface area contributed by atoms with Crippen molar-refractivity contribution < 1.29 is 5.11 Å². The lowest BCUT2D eigenvalue weighted by atomic mass is 10.00. The van der Waals surface area contributed by atoms with Crippen molar-refractivity contribution in [3.05, 3.63) is 66.7 Å². The third-order valence-corrected chi connectivity index (χ3v) is 4.60. The lowest BCUT2D eigenvalue weighted by molar-refractivity contribution is 0.393. The van der Waals surface area contributed by atoms with Crippen molar-refractivity contribution in [3.63, 3.8) is 0 Å². The molecule has 3 rings (SSSR count). The third-order valence-electron chi connectivity index (χ3n) is 3.91. The Bertz CT molecular complexity index is 1000. The number of aliphatic hydroxyl groups excluding tert-OH is 1. The van der Waals surface area contributed by atoms with E-state index in [9.17, 15) is 5.11 Å². The average Bonchev–Trinajstić information content (AvgIpc) is 2.62. The fraction of sp³-hybridized carbons (Fsp3) is 0.100. The minimum atomic E-state index is 0.0632. The summed E-state index contributed by atoms with van der Waals surface area (Å²) in [4.78, 5) is 0. The Morgan fingerprint density at radius 3 is 2.36 bits per heavy atom. The predicted molar refractivity (Wildman–Crippen MR) is 113 cm³/mol. The van der Waals surface area contributed by atoms with E-state index in [0.717, 1.165) is 27.8 Å². The fourth-order valence-corrected chi connectivity index (χ4v) is 3.48. The molecule has 0 aliphatic heterocycles. The summed E-state index contributed by atoms with van der Waals surface area (Å²) in [5, 5.41) is 16.4. The van der Waals surface area contributed by atoms with Crippen molar-refractivity contribution in [1.82, 2.24) is 5.01 Å². The van der Waals surface area contributed by atoms with Crippen LogP contribution in [0.1, 0.15) is 0 Å². The predicted octanol–water partition coefficient (Wildman–Crippen LogP) is 5.00. The number of anilines is 1. The Hall–Kier alpha value is -2.27. The molecule has 0 aliphatic rings. The maximum Gasteiger partial charge on any atom is 0.227 e. The smallest absolute Gasteiger partial charge is 0.227 e. The summed E-state index contributed by atoms with van der Waals surface area (Å²) >= 11 is 4.75. The molecule has 1 N–H and O–H groups in total. The molecule has 0 saturated carbocycles. The number of nitrogens with zero attached hydrogens (tertiary/aromatic N) is 2. The van der Waals surface area contributed by atoms with Gasteiger partial charge in [-0.05, 0) is 51.6 Å². The van der Waals surface area contributed by atoms with Crippen molar-refractivity contribution in [2.75, 3.05) is 19.1 Å². The molecule has 0 saturated heterocycles. The maximum absolute atomic E-state index is 10.4. The minimum absolute atomic E-state index is 0.0632. The van der Waals surface area contributed by atoms with Crippen LogP contribution in [0.2, 0.25) is 0 Å². The minimum Gasteiger partial charge on any atom is -0.337 e. The van der Waals surface area contributed by atoms with Gasteiger partial charge in [0.15, 0.2) is 0 Å². The van der Waals surface area contributed by atoms with E-state index in [1.54, 1.807) is 5.01 Å². The monoisotopic (exact) mass is 366 g/mol. The van der Waals surface area contributed by atoms with E-state index in [-0.39, 0.29) is 5.17 Å². The SMILES string of the molecule is CN(C)N(C(O)=S=C=S)c1ccccc1-c1ccc2ccccc2c1. The van der Waals surface area contributed by atoms with Crippen molar-refractivity contribution in [2.45, 2.75) is 0 Å². The summed E-state index contributed by atoms with van der Waals surface area (Å²) in [6.45, 7) is 0. The standard InChI is InChI=1S/C20H18N2OS2/c1-21(2)22(20(23)25-14-24)19-10-6-5-9-18(19)17-12-11-15-7-3-4-8-16(15)13-17/h3-13,23H,1-2H3. The topological polar surface area (TPSA) is 26.7 Å². The summed E-state index contributed by atoms with van der Waals surface area (Å²) in [6, 6.07) is 22.6. The Labute approximate surface area is 156 Å². The van der Waals surface area contributed by atoms with Crippen molar-refractivity contribution >= 4 is 49.1 Å². The number of fused-ring (bicyclic) bond motifs is 1. The number of benzene rings is 3. The number of aliphatic hydroxyl groups is 1. The van der Waals surface area contributed by atoms with Gasteiger partial charge in [-0.2, -0.15) is 0 Å². The number of rotatable bonds is 3. The van der Waals surface area contributed by atoms with Crippen molar-refractivity contribution in [1.29, 1.82) is 0 Å². The average molecular weight is 367 g/mol. The zero-order chi connectivity index (χ0) is 17.8. The van der Waals surface area contributed by atoms with E-state index in [1.165, 1.54) is 10.8 Å². The zero-order valence-electron chi connectivity index (χ0n) is 14.0. The molecule has 0 bridgehead atoms. The highest BCUT2D eigenvalue weighted by Crippen LogP contribution is 2.33. The molecule has 3 aromatic rings. The number of hydrogen-bond acceptors (Lipinski definition) is 2. The van der Waals surface area contributed by atoms with Crippen LogP contribution in [-0.4, -0.2) is 33.7 Å². The van der Waals surface area contributed by atoms with Gasteiger partial charge < -0.3 is 5.11 Å². The van der Waals surface area contributed by atoms with Crippen LogP contribution in [0, 0.1) is 0 Å². The molecule has 25 heavy (non-hydrogen) atoms. The quantitative estimate of drug-likeness (QED) is 0.521. The Kier molecular flexibility index (Phi) is 5.43. The van der Waals surface area contributed by atoms with E-state index >= 15 is 0 Å². The van der Waals surface area contributed by atoms with E-state index in [0.29, 0.717) is 0 Å².